The minimum Gasteiger partial charge on any atom is -0.325 e. The number of halogens is 3. The summed E-state index contributed by atoms with van der Waals surface area (Å²) in [5, 5.41) is 2.68. The van der Waals surface area contributed by atoms with E-state index in [-0.39, 0.29) is 11.8 Å². The van der Waals surface area contributed by atoms with Crippen molar-refractivity contribution in [2.75, 3.05) is 5.32 Å². The Kier molecular flexibility index (Phi) is 4.54. The Labute approximate surface area is 127 Å². The maximum Gasteiger partial charge on any atom is 0.416 e. The van der Waals surface area contributed by atoms with Crippen molar-refractivity contribution in [3.05, 3.63) is 54.1 Å². The monoisotopic (exact) mass is 307 g/mol. The molecule has 1 amide bonds. The van der Waals surface area contributed by atoms with Crippen molar-refractivity contribution in [2.24, 2.45) is 5.92 Å². The smallest absolute Gasteiger partial charge is 0.325 e. The highest BCUT2D eigenvalue weighted by atomic mass is 19.4. The number of amides is 1. The summed E-state index contributed by atoms with van der Waals surface area (Å²) in [5.74, 6) is -0.497. The molecule has 0 aliphatic carbocycles. The molecule has 2 aromatic rings. The molecule has 2 aromatic carbocycles. The SMILES string of the molecule is CC(C)C(=O)Nc1ccc(C(F)(F)F)cc1-c1ccccc1. The molecule has 0 saturated heterocycles. The van der Waals surface area contributed by atoms with E-state index in [1.807, 2.05) is 0 Å². The van der Waals surface area contributed by atoms with Crippen molar-refractivity contribution in [1.29, 1.82) is 0 Å². The zero-order valence-corrected chi connectivity index (χ0v) is 12.2. The summed E-state index contributed by atoms with van der Waals surface area (Å²) >= 11 is 0. The summed E-state index contributed by atoms with van der Waals surface area (Å²) < 4.78 is 38.8. The van der Waals surface area contributed by atoms with Crippen LogP contribution in [0.3, 0.4) is 0 Å². The molecule has 0 spiro atoms. The van der Waals surface area contributed by atoms with E-state index >= 15 is 0 Å². The Hall–Kier alpha value is -2.30. The predicted molar refractivity (Wildman–Crippen MR) is 80.3 cm³/mol. The zero-order chi connectivity index (χ0) is 16.3. The molecule has 5 heteroatoms. The number of nitrogens with one attached hydrogen (secondary N) is 1. The molecule has 0 aromatic heterocycles. The van der Waals surface area contributed by atoms with Gasteiger partial charge >= 0.3 is 6.18 Å². The fraction of sp³-hybridized carbons (Fsp3) is 0.235. The molecular formula is C17H16F3NO. The molecule has 0 radical (unpaired) electrons. The van der Waals surface area contributed by atoms with E-state index < -0.39 is 11.7 Å². The van der Waals surface area contributed by atoms with Crippen LogP contribution in [-0.2, 0) is 11.0 Å². The third-order valence-corrected chi connectivity index (χ3v) is 3.21. The third kappa shape index (κ3) is 3.67. The van der Waals surface area contributed by atoms with Crippen LogP contribution in [0, 0.1) is 5.92 Å². The van der Waals surface area contributed by atoms with Crippen LogP contribution in [-0.4, -0.2) is 5.91 Å². The van der Waals surface area contributed by atoms with Gasteiger partial charge in [0.2, 0.25) is 5.91 Å². The van der Waals surface area contributed by atoms with Gasteiger partial charge in [0.05, 0.1) is 5.56 Å². The number of carbonyl (C=O) groups excluding carboxylic acids is 1. The molecule has 0 fully saturated rings. The van der Waals surface area contributed by atoms with Crippen LogP contribution in [0.2, 0.25) is 0 Å². The lowest BCUT2D eigenvalue weighted by molar-refractivity contribution is -0.137. The first kappa shape index (κ1) is 16.1. The Morgan fingerprint density at radius 1 is 1.05 bits per heavy atom. The second kappa shape index (κ2) is 6.22. The third-order valence-electron chi connectivity index (χ3n) is 3.21. The van der Waals surface area contributed by atoms with Gasteiger partial charge in [-0.15, -0.1) is 0 Å². The summed E-state index contributed by atoms with van der Waals surface area (Å²) in [6, 6.07) is 12.0. The Bertz CT molecular complexity index is 663. The van der Waals surface area contributed by atoms with Gasteiger partial charge in [-0.3, -0.25) is 4.79 Å². The molecule has 116 valence electrons. The molecule has 0 unspecified atom stereocenters. The quantitative estimate of drug-likeness (QED) is 0.852. The molecule has 0 bridgehead atoms. The van der Waals surface area contributed by atoms with E-state index in [4.69, 9.17) is 0 Å². The topological polar surface area (TPSA) is 29.1 Å². The molecule has 0 aliphatic heterocycles. The number of hydrogen-bond acceptors (Lipinski definition) is 1. The minimum atomic E-state index is -4.43. The first-order valence-electron chi connectivity index (χ1n) is 6.86. The highest BCUT2D eigenvalue weighted by Crippen LogP contribution is 2.36. The standard InChI is InChI=1S/C17H16F3NO/c1-11(2)16(22)21-15-9-8-13(17(18,19)20)10-14(15)12-6-4-3-5-7-12/h3-11H,1-2H3,(H,21,22). The number of benzene rings is 2. The largest absolute Gasteiger partial charge is 0.416 e. The van der Waals surface area contributed by atoms with Gasteiger partial charge in [-0.1, -0.05) is 44.2 Å². The number of alkyl halides is 3. The molecule has 1 N–H and O–H groups in total. The van der Waals surface area contributed by atoms with E-state index in [1.54, 1.807) is 44.2 Å². The first-order valence-corrected chi connectivity index (χ1v) is 6.86. The van der Waals surface area contributed by atoms with E-state index in [0.717, 1.165) is 12.1 Å². The molecule has 0 atom stereocenters. The van der Waals surface area contributed by atoms with Crippen molar-refractivity contribution >= 4 is 11.6 Å². The molecule has 2 rings (SSSR count). The van der Waals surface area contributed by atoms with Crippen molar-refractivity contribution in [3.63, 3.8) is 0 Å². The normalized spacial score (nSPS) is 11.5. The van der Waals surface area contributed by atoms with Crippen LogP contribution in [0.5, 0.6) is 0 Å². The zero-order valence-electron chi connectivity index (χ0n) is 12.2. The lowest BCUT2D eigenvalue weighted by Crippen LogP contribution is -2.18. The first-order chi connectivity index (χ1) is 10.3. The van der Waals surface area contributed by atoms with Crippen LogP contribution in [0.25, 0.3) is 11.1 Å². The van der Waals surface area contributed by atoms with E-state index in [0.29, 0.717) is 16.8 Å². The van der Waals surface area contributed by atoms with Crippen molar-refractivity contribution in [3.8, 4) is 11.1 Å². The molecule has 22 heavy (non-hydrogen) atoms. The number of rotatable bonds is 3. The minimum absolute atomic E-state index is 0.239. The fourth-order valence-electron chi connectivity index (χ4n) is 1.96. The van der Waals surface area contributed by atoms with Crippen molar-refractivity contribution in [2.45, 2.75) is 20.0 Å². The van der Waals surface area contributed by atoms with Gasteiger partial charge < -0.3 is 5.32 Å². The number of anilines is 1. The fourth-order valence-corrected chi connectivity index (χ4v) is 1.96. The van der Waals surface area contributed by atoms with Gasteiger partial charge in [0.25, 0.3) is 0 Å². The molecule has 0 aliphatic rings. The summed E-state index contributed by atoms with van der Waals surface area (Å²) in [5.41, 5.74) is 0.601. The van der Waals surface area contributed by atoms with Crippen LogP contribution < -0.4 is 5.32 Å². The Morgan fingerprint density at radius 2 is 1.68 bits per heavy atom. The van der Waals surface area contributed by atoms with Crippen LogP contribution >= 0.6 is 0 Å². The molecule has 2 nitrogen and oxygen atoms in total. The lowest BCUT2D eigenvalue weighted by atomic mass is 10.00. The second-order valence-electron chi connectivity index (χ2n) is 5.27. The van der Waals surface area contributed by atoms with E-state index in [9.17, 15) is 18.0 Å². The predicted octanol–water partition coefficient (Wildman–Crippen LogP) is 4.97. The molecule has 0 heterocycles. The van der Waals surface area contributed by atoms with Gasteiger partial charge in [0, 0.05) is 17.2 Å². The van der Waals surface area contributed by atoms with E-state index in [2.05, 4.69) is 5.32 Å². The summed E-state index contributed by atoms with van der Waals surface area (Å²) in [6.07, 6.45) is -4.43. The number of hydrogen-bond donors (Lipinski definition) is 1. The lowest BCUT2D eigenvalue weighted by Gasteiger charge is -2.15. The van der Waals surface area contributed by atoms with Crippen molar-refractivity contribution < 1.29 is 18.0 Å². The summed E-state index contributed by atoms with van der Waals surface area (Å²) in [7, 11) is 0. The van der Waals surface area contributed by atoms with Crippen molar-refractivity contribution in [1.82, 2.24) is 0 Å². The average molecular weight is 307 g/mol. The van der Waals surface area contributed by atoms with Gasteiger partial charge in [-0.25, -0.2) is 0 Å². The number of carbonyl (C=O) groups is 1. The highest BCUT2D eigenvalue weighted by Gasteiger charge is 2.31. The van der Waals surface area contributed by atoms with Gasteiger partial charge in [-0.05, 0) is 23.8 Å². The average Bonchev–Trinajstić information content (AvgIpc) is 2.47. The van der Waals surface area contributed by atoms with Crippen LogP contribution in [0.1, 0.15) is 19.4 Å². The maximum absolute atomic E-state index is 12.9. The molecule has 0 saturated carbocycles. The van der Waals surface area contributed by atoms with Crippen LogP contribution in [0.4, 0.5) is 18.9 Å². The molecular weight excluding hydrogens is 291 g/mol. The van der Waals surface area contributed by atoms with Crippen LogP contribution in [0.15, 0.2) is 48.5 Å². The van der Waals surface area contributed by atoms with Gasteiger partial charge in [0.15, 0.2) is 0 Å². The van der Waals surface area contributed by atoms with E-state index in [1.165, 1.54) is 6.07 Å². The summed E-state index contributed by atoms with van der Waals surface area (Å²) in [6.45, 7) is 3.45. The summed E-state index contributed by atoms with van der Waals surface area (Å²) in [4.78, 5) is 11.8. The Balaban J connectivity index is 2.52. The maximum atomic E-state index is 12.9. The second-order valence-corrected chi connectivity index (χ2v) is 5.27. The van der Waals surface area contributed by atoms with Gasteiger partial charge in [-0.2, -0.15) is 13.2 Å². The Morgan fingerprint density at radius 3 is 2.23 bits per heavy atom. The highest BCUT2D eigenvalue weighted by molar-refractivity contribution is 5.96. The van der Waals surface area contributed by atoms with Gasteiger partial charge in [0.1, 0.15) is 0 Å².